The molecule has 1 unspecified atom stereocenters. The second-order valence-electron chi connectivity index (χ2n) is 2.61. The van der Waals surface area contributed by atoms with E-state index in [0.29, 0.717) is 6.29 Å². The standard InChI is InChI=1S/C9H8O5S/c1-14-9(11)7-3-2-6(5-10)4-8(7)15(12)13/h2-5H,1H3,(H,12,13). The number of carbonyl (C=O) groups is 2. The van der Waals surface area contributed by atoms with Crippen LogP contribution in [0.4, 0.5) is 0 Å². The zero-order valence-corrected chi connectivity index (χ0v) is 8.61. The van der Waals surface area contributed by atoms with E-state index in [2.05, 4.69) is 4.74 Å². The molecule has 5 nitrogen and oxygen atoms in total. The maximum Gasteiger partial charge on any atom is 0.339 e. The lowest BCUT2D eigenvalue weighted by atomic mass is 10.1. The minimum Gasteiger partial charge on any atom is -0.465 e. The van der Waals surface area contributed by atoms with Crippen molar-refractivity contribution in [2.45, 2.75) is 4.90 Å². The number of aldehydes is 1. The molecular formula is C9H8O5S. The fourth-order valence-electron chi connectivity index (χ4n) is 1.04. The molecule has 0 aliphatic heterocycles. The molecule has 1 N–H and O–H groups in total. The molecule has 1 aromatic carbocycles. The van der Waals surface area contributed by atoms with Crippen LogP contribution in [0.25, 0.3) is 0 Å². The number of ether oxygens (including phenoxy) is 1. The van der Waals surface area contributed by atoms with Gasteiger partial charge in [-0.1, -0.05) is 6.07 Å². The van der Waals surface area contributed by atoms with E-state index in [1.54, 1.807) is 0 Å². The van der Waals surface area contributed by atoms with Gasteiger partial charge < -0.3 is 9.29 Å². The van der Waals surface area contributed by atoms with Gasteiger partial charge in [-0.3, -0.25) is 4.79 Å². The summed E-state index contributed by atoms with van der Waals surface area (Å²) in [5.74, 6) is -0.718. The Morgan fingerprint density at radius 1 is 1.53 bits per heavy atom. The Kier molecular flexibility index (Phi) is 3.70. The SMILES string of the molecule is COC(=O)c1ccc(C=O)cc1S(=O)O. The number of rotatable bonds is 3. The van der Waals surface area contributed by atoms with E-state index < -0.39 is 17.0 Å². The molecule has 0 fully saturated rings. The van der Waals surface area contributed by atoms with Crippen LogP contribution in [0.5, 0.6) is 0 Å². The first-order valence-electron chi connectivity index (χ1n) is 3.88. The van der Waals surface area contributed by atoms with Crippen LogP contribution in [-0.4, -0.2) is 28.1 Å². The molecule has 0 heterocycles. The largest absolute Gasteiger partial charge is 0.465 e. The average molecular weight is 228 g/mol. The van der Waals surface area contributed by atoms with Crippen LogP contribution >= 0.6 is 0 Å². The molecule has 6 heteroatoms. The molecule has 80 valence electrons. The molecule has 15 heavy (non-hydrogen) atoms. The molecule has 1 rings (SSSR count). The molecule has 0 aliphatic carbocycles. The Hall–Kier alpha value is -1.53. The summed E-state index contributed by atoms with van der Waals surface area (Å²) in [5, 5.41) is 0. The molecule has 0 aliphatic rings. The molecule has 1 aromatic rings. The molecule has 0 aromatic heterocycles. The highest BCUT2D eigenvalue weighted by Gasteiger charge is 2.15. The lowest BCUT2D eigenvalue weighted by Crippen LogP contribution is -2.07. The summed E-state index contributed by atoms with van der Waals surface area (Å²) in [6, 6.07) is 3.82. The fourth-order valence-corrected chi connectivity index (χ4v) is 1.61. The minimum absolute atomic E-state index is 0.0241. The molecule has 0 spiro atoms. The van der Waals surface area contributed by atoms with E-state index >= 15 is 0 Å². The van der Waals surface area contributed by atoms with Crippen LogP contribution in [0, 0.1) is 0 Å². The van der Waals surface area contributed by atoms with Crippen LogP contribution in [0.2, 0.25) is 0 Å². The molecule has 0 bridgehead atoms. The van der Waals surface area contributed by atoms with Crippen molar-refractivity contribution in [3.63, 3.8) is 0 Å². The number of esters is 1. The van der Waals surface area contributed by atoms with Gasteiger partial charge in [-0.2, -0.15) is 0 Å². The highest BCUT2D eigenvalue weighted by atomic mass is 32.2. The van der Waals surface area contributed by atoms with Crippen LogP contribution in [0.1, 0.15) is 20.7 Å². The van der Waals surface area contributed by atoms with E-state index in [9.17, 15) is 13.8 Å². The van der Waals surface area contributed by atoms with Crippen molar-refractivity contribution in [2.75, 3.05) is 7.11 Å². The maximum atomic E-state index is 11.2. The summed E-state index contributed by atoms with van der Waals surface area (Å²) in [6.07, 6.45) is 0.525. The summed E-state index contributed by atoms with van der Waals surface area (Å²) >= 11 is -2.33. The van der Waals surface area contributed by atoms with E-state index in [0.717, 1.165) is 0 Å². The third kappa shape index (κ3) is 2.48. The van der Waals surface area contributed by atoms with Crippen LogP contribution in [0.3, 0.4) is 0 Å². The van der Waals surface area contributed by atoms with E-state index in [1.165, 1.54) is 25.3 Å². The van der Waals surface area contributed by atoms with Crippen LogP contribution < -0.4 is 0 Å². The Morgan fingerprint density at radius 3 is 2.67 bits per heavy atom. The van der Waals surface area contributed by atoms with Gasteiger partial charge in [0.05, 0.1) is 17.6 Å². The monoisotopic (exact) mass is 228 g/mol. The zero-order valence-electron chi connectivity index (χ0n) is 7.80. The van der Waals surface area contributed by atoms with Gasteiger partial charge in [0.2, 0.25) is 0 Å². The van der Waals surface area contributed by atoms with Crippen molar-refractivity contribution in [3.8, 4) is 0 Å². The minimum atomic E-state index is -2.33. The quantitative estimate of drug-likeness (QED) is 0.471. The first kappa shape index (κ1) is 11.5. The third-order valence-electron chi connectivity index (χ3n) is 1.74. The normalized spacial score (nSPS) is 11.9. The predicted octanol–water partition coefficient (Wildman–Crippen LogP) is 0.866. The summed E-state index contributed by atoms with van der Waals surface area (Å²) < 4.78 is 24.2. The van der Waals surface area contributed by atoms with Gasteiger partial charge in [0.1, 0.15) is 6.29 Å². The van der Waals surface area contributed by atoms with Gasteiger partial charge in [0.25, 0.3) is 0 Å². The number of hydrogen-bond donors (Lipinski definition) is 1. The molecule has 0 saturated heterocycles. The van der Waals surface area contributed by atoms with E-state index in [4.69, 9.17) is 4.55 Å². The van der Waals surface area contributed by atoms with Gasteiger partial charge in [-0.25, -0.2) is 9.00 Å². The van der Waals surface area contributed by atoms with Crippen molar-refractivity contribution in [3.05, 3.63) is 29.3 Å². The summed E-state index contributed by atoms with van der Waals surface area (Å²) in [7, 11) is 1.17. The van der Waals surface area contributed by atoms with Crippen molar-refractivity contribution < 1.29 is 23.1 Å². The molecule has 0 saturated carbocycles. The van der Waals surface area contributed by atoms with Gasteiger partial charge in [-0.05, 0) is 12.1 Å². The maximum absolute atomic E-state index is 11.2. The number of methoxy groups -OCH3 is 1. The second kappa shape index (κ2) is 4.81. The van der Waals surface area contributed by atoms with Crippen molar-refractivity contribution in [1.82, 2.24) is 0 Å². The molecular weight excluding hydrogens is 220 g/mol. The Morgan fingerprint density at radius 2 is 2.20 bits per heavy atom. The fraction of sp³-hybridized carbons (Fsp3) is 0.111. The smallest absolute Gasteiger partial charge is 0.339 e. The van der Waals surface area contributed by atoms with Gasteiger partial charge in [-0.15, -0.1) is 0 Å². The third-order valence-corrected chi connectivity index (χ3v) is 2.45. The highest BCUT2D eigenvalue weighted by Crippen LogP contribution is 2.15. The summed E-state index contributed by atoms with van der Waals surface area (Å²) in [6.45, 7) is 0. The Labute approximate surface area is 88.3 Å². The Bertz CT molecular complexity index is 427. The Balaban J connectivity index is 3.33. The van der Waals surface area contributed by atoms with Crippen LogP contribution in [-0.2, 0) is 15.8 Å². The first-order chi connectivity index (χ1) is 7.10. The number of hydrogen-bond acceptors (Lipinski definition) is 4. The van der Waals surface area contributed by atoms with Gasteiger partial charge in [0.15, 0.2) is 11.1 Å². The first-order valence-corrected chi connectivity index (χ1v) is 4.99. The van der Waals surface area contributed by atoms with Crippen molar-refractivity contribution >= 4 is 23.3 Å². The highest BCUT2D eigenvalue weighted by molar-refractivity contribution is 7.79. The van der Waals surface area contributed by atoms with Gasteiger partial charge in [0, 0.05) is 5.56 Å². The van der Waals surface area contributed by atoms with Crippen LogP contribution in [0.15, 0.2) is 23.1 Å². The topological polar surface area (TPSA) is 80.7 Å². The number of carbonyl (C=O) groups excluding carboxylic acids is 2. The van der Waals surface area contributed by atoms with E-state index in [-0.39, 0.29) is 16.0 Å². The lowest BCUT2D eigenvalue weighted by Gasteiger charge is -2.04. The predicted molar refractivity (Wildman–Crippen MR) is 52.2 cm³/mol. The number of benzene rings is 1. The van der Waals surface area contributed by atoms with Gasteiger partial charge >= 0.3 is 5.97 Å². The summed E-state index contributed by atoms with van der Waals surface area (Å²) in [5.41, 5.74) is 0.198. The van der Waals surface area contributed by atoms with Crippen molar-refractivity contribution in [2.24, 2.45) is 0 Å². The van der Waals surface area contributed by atoms with Crippen molar-refractivity contribution in [1.29, 1.82) is 0 Å². The molecule has 0 amide bonds. The average Bonchev–Trinajstić information content (AvgIpc) is 2.27. The summed E-state index contributed by atoms with van der Waals surface area (Å²) in [4.78, 5) is 21.5. The molecule has 0 radical (unpaired) electrons. The second-order valence-corrected chi connectivity index (χ2v) is 3.55. The molecule has 1 atom stereocenters. The lowest BCUT2D eigenvalue weighted by molar-refractivity contribution is 0.0596. The van der Waals surface area contributed by atoms with E-state index in [1.807, 2.05) is 0 Å². The zero-order chi connectivity index (χ0) is 11.4.